The second-order valence-electron chi connectivity index (χ2n) is 4.94. The van der Waals surface area contributed by atoms with Gasteiger partial charge in [-0.15, -0.1) is 0 Å². The van der Waals surface area contributed by atoms with Crippen LogP contribution in [0, 0.1) is 17.1 Å². The zero-order valence-electron chi connectivity index (χ0n) is 11.4. The van der Waals surface area contributed by atoms with Gasteiger partial charge in [-0.3, -0.25) is 4.98 Å². The van der Waals surface area contributed by atoms with Gasteiger partial charge in [-0.25, -0.2) is 4.39 Å². The topological polar surface area (TPSA) is 49.8 Å². The van der Waals surface area contributed by atoms with Crippen LogP contribution >= 0.6 is 0 Å². The zero-order valence-corrected chi connectivity index (χ0v) is 11.4. The van der Waals surface area contributed by atoms with E-state index >= 15 is 0 Å². The summed E-state index contributed by atoms with van der Waals surface area (Å²) in [4.78, 5) is 4.32. The third kappa shape index (κ3) is 1.76. The number of furan rings is 1. The number of para-hydroxylation sites is 1. The van der Waals surface area contributed by atoms with Crippen LogP contribution in [0.2, 0.25) is 0 Å². The minimum atomic E-state index is -0.453. The van der Waals surface area contributed by atoms with E-state index in [-0.39, 0.29) is 5.56 Å². The fraction of sp³-hybridized carbons (Fsp3) is 0. The van der Waals surface area contributed by atoms with Crippen molar-refractivity contribution in [1.82, 2.24) is 4.98 Å². The number of hydrogen-bond donors (Lipinski definition) is 0. The summed E-state index contributed by atoms with van der Waals surface area (Å²) >= 11 is 0. The van der Waals surface area contributed by atoms with Crippen LogP contribution in [0.4, 0.5) is 4.39 Å². The third-order valence-electron chi connectivity index (χ3n) is 3.62. The summed E-state index contributed by atoms with van der Waals surface area (Å²) in [6.45, 7) is 0. The highest BCUT2D eigenvalue weighted by atomic mass is 19.1. The number of rotatable bonds is 1. The van der Waals surface area contributed by atoms with Crippen molar-refractivity contribution in [3.63, 3.8) is 0 Å². The van der Waals surface area contributed by atoms with E-state index in [0.29, 0.717) is 21.9 Å². The van der Waals surface area contributed by atoms with E-state index in [1.165, 1.54) is 6.07 Å². The summed E-state index contributed by atoms with van der Waals surface area (Å²) in [5, 5.41) is 10.0. The fourth-order valence-electron chi connectivity index (χ4n) is 2.67. The van der Waals surface area contributed by atoms with Crippen LogP contribution in [0.1, 0.15) is 5.56 Å². The van der Waals surface area contributed by atoms with Gasteiger partial charge in [0.25, 0.3) is 0 Å². The van der Waals surface area contributed by atoms with Gasteiger partial charge in [0.2, 0.25) is 0 Å². The van der Waals surface area contributed by atoms with Crippen molar-refractivity contribution < 1.29 is 8.81 Å². The van der Waals surface area contributed by atoms with Gasteiger partial charge in [-0.1, -0.05) is 18.2 Å². The first-order chi connectivity index (χ1) is 10.8. The number of pyridine rings is 1. The molecular formula is C18H9FN2O. The Labute approximate surface area is 125 Å². The van der Waals surface area contributed by atoms with Gasteiger partial charge < -0.3 is 4.42 Å². The minimum absolute atomic E-state index is 0.239. The molecule has 0 atom stereocenters. The maximum Gasteiger partial charge on any atom is 0.144 e. The van der Waals surface area contributed by atoms with Gasteiger partial charge in [-0.05, 0) is 30.3 Å². The molecule has 104 valence electrons. The van der Waals surface area contributed by atoms with Gasteiger partial charge in [0.05, 0.1) is 22.7 Å². The third-order valence-corrected chi connectivity index (χ3v) is 3.62. The van der Waals surface area contributed by atoms with Crippen LogP contribution < -0.4 is 0 Å². The predicted octanol–water partition coefficient (Wildman–Crippen LogP) is 4.66. The SMILES string of the molecule is N#Cc1cc(F)c2c(c1)oc1c(-c3ccccn3)cccc12. The second-order valence-corrected chi connectivity index (χ2v) is 4.94. The Morgan fingerprint density at radius 3 is 2.77 bits per heavy atom. The van der Waals surface area contributed by atoms with Crippen LogP contribution in [-0.4, -0.2) is 4.98 Å². The molecule has 0 aliphatic carbocycles. The first-order valence-electron chi connectivity index (χ1n) is 6.74. The summed E-state index contributed by atoms with van der Waals surface area (Å²) in [5.41, 5.74) is 2.74. The molecule has 2 aromatic carbocycles. The lowest BCUT2D eigenvalue weighted by Gasteiger charge is -2.00. The van der Waals surface area contributed by atoms with Gasteiger partial charge in [0.15, 0.2) is 0 Å². The highest BCUT2D eigenvalue weighted by molar-refractivity contribution is 6.09. The average molecular weight is 288 g/mol. The molecule has 2 heterocycles. The molecule has 0 bridgehead atoms. The monoisotopic (exact) mass is 288 g/mol. The molecule has 4 aromatic rings. The second kappa shape index (κ2) is 4.68. The number of nitrogens with zero attached hydrogens (tertiary/aromatic N) is 2. The van der Waals surface area contributed by atoms with Crippen molar-refractivity contribution >= 4 is 21.9 Å². The molecule has 0 aliphatic heterocycles. The number of hydrogen-bond acceptors (Lipinski definition) is 3. The first-order valence-corrected chi connectivity index (χ1v) is 6.74. The molecular weight excluding hydrogens is 279 g/mol. The van der Waals surface area contributed by atoms with Gasteiger partial charge >= 0.3 is 0 Å². The van der Waals surface area contributed by atoms with Crippen LogP contribution in [-0.2, 0) is 0 Å². The molecule has 2 aromatic heterocycles. The van der Waals surface area contributed by atoms with Crippen LogP contribution in [0.5, 0.6) is 0 Å². The number of aromatic nitrogens is 1. The summed E-state index contributed by atoms with van der Waals surface area (Å²) in [7, 11) is 0. The Balaban J connectivity index is 2.12. The number of fused-ring (bicyclic) bond motifs is 3. The molecule has 3 nitrogen and oxygen atoms in total. The molecule has 0 fully saturated rings. The van der Waals surface area contributed by atoms with Crippen LogP contribution in [0.15, 0.2) is 59.1 Å². The van der Waals surface area contributed by atoms with Crippen molar-refractivity contribution in [1.29, 1.82) is 5.26 Å². The summed E-state index contributed by atoms with van der Waals surface area (Å²) in [6.07, 6.45) is 1.70. The lowest BCUT2D eigenvalue weighted by molar-refractivity contribution is 0.633. The molecule has 0 amide bonds. The molecule has 0 radical (unpaired) electrons. The Morgan fingerprint density at radius 1 is 1.09 bits per heavy atom. The van der Waals surface area contributed by atoms with Crippen molar-refractivity contribution in [3.05, 3.63) is 66.1 Å². The van der Waals surface area contributed by atoms with E-state index in [0.717, 1.165) is 11.3 Å². The van der Waals surface area contributed by atoms with E-state index in [2.05, 4.69) is 4.98 Å². The molecule has 0 aliphatic rings. The Morgan fingerprint density at radius 2 is 2.00 bits per heavy atom. The van der Waals surface area contributed by atoms with E-state index in [9.17, 15) is 4.39 Å². The zero-order chi connectivity index (χ0) is 15.1. The molecule has 0 saturated heterocycles. The standard InChI is InChI=1S/C18H9FN2O/c19-14-8-11(10-20)9-16-17(14)13-5-3-4-12(18(13)22-16)15-6-1-2-7-21-15/h1-9H. The predicted molar refractivity (Wildman–Crippen MR) is 81.6 cm³/mol. The normalized spacial score (nSPS) is 10.9. The Hall–Kier alpha value is -3.19. The molecule has 0 unspecified atom stereocenters. The molecule has 4 heteroatoms. The lowest BCUT2D eigenvalue weighted by Crippen LogP contribution is -1.82. The smallest absolute Gasteiger partial charge is 0.144 e. The molecule has 0 saturated carbocycles. The van der Waals surface area contributed by atoms with Crippen molar-refractivity contribution in [2.24, 2.45) is 0 Å². The molecule has 22 heavy (non-hydrogen) atoms. The van der Waals surface area contributed by atoms with Gasteiger partial charge in [-0.2, -0.15) is 5.26 Å². The van der Waals surface area contributed by atoms with Crippen molar-refractivity contribution in [2.45, 2.75) is 0 Å². The largest absolute Gasteiger partial charge is 0.455 e. The van der Waals surface area contributed by atoms with Gasteiger partial charge in [0.1, 0.15) is 17.0 Å². The van der Waals surface area contributed by atoms with E-state index in [4.69, 9.17) is 9.68 Å². The minimum Gasteiger partial charge on any atom is -0.455 e. The van der Waals surface area contributed by atoms with Crippen LogP contribution in [0.3, 0.4) is 0 Å². The Bertz CT molecular complexity index is 1050. The fourth-order valence-corrected chi connectivity index (χ4v) is 2.67. The first kappa shape index (κ1) is 12.5. The quantitative estimate of drug-likeness (QED) is 0.512. The van der Waals surface area contributed by atoms with E-state index < -0.39 is 5.82 Å². The van der Waals surface area contributed by atoms with Crippen LogP contribution in [0.25, 0.3) is 33.2 Å². The van der Waals surface area contributed by atoms with E-state index in [1.54, 1.807) is 12.3 Å². The maximum atomic E-state index is 14.3. The average Bonchev–Trinajstić information content (AvgIpc) is 2.94. The lowest BCUT2D eigenvalue weighted by atomic mass is 10.1. The number of nitriles is 1. The maximum absolute atomic E-state index is 14.3. The summed E-state index contributed by atoms with van der Waals surface area (Å²) in [6, 6.07) is 15.9. The molecule has 0 spiro atoms. The highest BCUT2D eigenvalue weighted by Crippen LogP contribution is 2.36. The molecule has 0 N–H and O–H groups in total. The van der Waals surface area contributed by atoms with E-state index in [1.807, 2.05) is 42.5 Å². The Kier molecular flexibility index (Phi) is 2.67. The van der Waals surface area contributed by atoms with Gasteiger partial charge in [0, 0.05) is 17.1 Å². The molecule has 4 rings (SSSR count). The van der Waals surface area contributed by atoms with Crippen molar-refractivity contribution in [2.75, 3.05) is 0 Å². The summed E-state index contributed by atoms with van der Waals surface area (Å²) in [5.74, 6) is -0.453. The highest BCUT2D eigenvalue weighted by Gasteiger charge is 2.16. The van der Waals surface area contributed by atoms with Crippen molar-refractivity contribution in [3.8, 4) is 17.3 Å². The number of benzene rings is 2. The summed E-state index contributed by atoms with van der Waals surface area (Å²) < 4.78 is 20.1. The number of halogens is 1.